The van der Waals surface area contributed by atoms with E-state index >= 15 is 0 Å². The molecule has 5 nitrogen and oxygen atoms in total. The molecule has 1 saturated heterocycles. The third kappa shape index (κ3) is 4.64. The summed E-state index contributed by atoms with van der Waals surface area (Å²) in [5.74, 6) is 0.464. The van der Waals surface area contributed by atoms with Crippen molar-refractivity contribution in [2.24, 2.45) is 0 Å². The Balaban J connectivity index is 1.32. The number of fused-ring (bicyclic) bond motifs is 1. The normalized spacial score (nSPS) is 19.0. The molecule has 0 atom stereocenters. The molecule has 0 unspecified atom stereocenters. The molecule has 4 rings (SSSR count). The van der Waals surface area contributed by atoms with Crippen LogP contribution in [0.25, 0.3) is 10.8 Å². The van der Waals surface area contributed by atoms with Gasteiger partial charge in [-0.25, -0.2) is 0 Å². The Labute approximate surface area is 177 Å². The number of para-hydroxylation sites is 1. The number of hydrogen-bond acceptors (Lipinski definition) is 2. The summed E-state index contributed by atoms with van der Waals surface area (Å²) in [6, 6.07) is 20.0. The molecular weight excluding hydrogens is 374 g/mol. The fourth-order valence-corrected chi connectivity index (χ4v) is 4.44. The average molecular weight is 406 g/mol. The third-order valence-corrected chi connectivity index (χ3v) is 6.19. The molecule has 30 heavy (non-hydrogen) atoms. The number of rotatable bonds is 6. The Bertz CT molecular complexity index is 1030. The molecule has 1 aliphatic rings. The molecule has 0 spiro atoms. The van der Waals surface area contributed by atoms with E-state index in [1.807, 2.05) is 36.4 Å². The number of benzene rings is 3. The van der Waals surface area contributed by atoms with Gasteiger partial charge in [0.05, 0.1) is 5.56 Å². The smallest absolute Gasteiger partial charge is 0.279 e. The van der Waals surface area contributed by atoms with E-state index < -0.39 is 0 Å². The Kier molecular flexibility index (Phi) is 6.31. The maximum absolute atomic E-state index is 12.5. The Morgan fingerprint density at radius 3 is 2.43 bits per heavy atom. The molecule has 4 N–H and O–H groups in total. The van der Waals surface area contributed by atoms with E-state index in [9.17, 15) is 9.90 Å². The number of aromatic hydroxyl groups is 1. The van der Waals surface area contributed by atoms with Crippen molar-refractivity contribution in [3.05, 3.63) is 71.8 Å². The Hall–Kier alpha value is -2.89. The number of amides is 1. The minimum atomic E-state index is 0.0843. The lowest BCUT2D eigenvalue weighted by molar-refractivity contribution is -1.01. The van der Waals surface area contributed by atoms with Crippen LogP contribution in [-0.4, -0.2) is 43.7 Å². The largest absolute Gasteiger partial charge is 0.507 e. The van der Waals surface area contributed by atoms with Gasteiger partial charge in [0.2, 0.25) is 0 Å². The fourth-order valence-electron chi connectivity index (χ4n) is 4.44. The second-order valence-corrected chi connectivity index (χ2v) is 8.20. The highest BCUT2D eigenvalue weighted by Gasteiger charge is 2.26. The molecule has 1 heterocycles. The zero-order valence-electron chi connectivity index (χ0n) is 17.6. The molecule has 1 fully saturated rings. The standard InChI is InChI=1S/C25H29N3O2/c1-2-19-7-4-6-10-23(19)26-25(30)18-28-15-13-27(14-16-28)17-22-21-9-5-3-8-20(21)11-12-24(22)29/h3-12,29H,2,13-18H2,1H3,(H,26,30)/p+2. The van der Waals surface area contributed by atoms with Crippen molar-refractivity contribution in [2.75, 3.05) is 38.0 Å². The van der Waals surface area contributed by atoms with E-state index in [4.69, 9.17) is 0 Å². The predicted molar refractivity (Wildman–Crippen MR) is 120 cm³/mol. The lowest BCUT2D eigenvalue weighted by Crippen LogP contribution is -3.28. The van der Waals surface area contributed by atoms with Gasteiger partial charge in [-0.05, 0) is 34.9 Å². The van der Waals surface area contributed by atoms with Crippen molar-refractivity contribution >= 4 is 22.4 Å². The lowest BCUT2D eigenvalue weighted by atomic mass is 10.0. The molecule has 1 amide bonds. The van der Waals surface area contributed by atoms with Gasteiger partial charge in [-0.15, -0.1) is 0 Å². The van der Waals surface area contributed by atoms with Crippen LogP contribution in [0.4, 0.5) is 5.69 Å². The topological polar surface area (TPSA) is 58.2 Å². The van der Waals surface area contributed by atoms with Crippen LogP contribution in [-0.2, 0) is 17.8 Å². The number of carbonyl (C=O) groups is 1. The maximum Gasteiger partial charge on any atom is 0.279 e. The van der Waals surface area contributed by atoms with Crippen LogP contribution in [0.2, 0.25) is 0 Å². The van der Waals surface area contributed by atoms with Crippen LogP contribution >= 0.6 is 0 Å². The van der Waals surface area contributed by atoms with Crippen LogP contribution in [0.3, 0.4) is 0 Å². The quantitative estimate of drug-likeness (QED) is 0.495. The Morgan fingerprint density at radius 2 is 1.63 bits per heavy atom. The molecule has 0 aromatic heterocycles. The predicted octanol–water partition coefficient (Wildman–Crippen LogP) is 1.03. The summed E-state index contributed by atoms with van der Waals surface area (Å²) in [4.78, 5) is 15.3. The average Bonchev–Trinajstić information content (AvgIpc) is 2.77. The van der Waals surface area contributed by atoms with Crippen LogP contribution in [0.5, 0.6) is 5.75 Å². The van der Waals surface area contributed by atoms with Gasteiger partial charge in [0.1, 0.15) is 38.5 Å². The number of nitrogens with one attached hydrogen (secondary N) is 3. The van der Waals surface area contributed by atoms with E-state index in [2.05, 4.69) is 30.4 Å². The van der Waals surface area contributed by atoms with Gasteiger partial charge in [-0.1, -0.05) is 55.5 Å². The molecular formula is C25H31N3O2+2. The first-order chi connectivity index (χ1) is 14.6. The molecule has 1 aliphatic heterocycles. The highest BCUT2D eigenvalue weighted by molar-refractivity contribution is 5.92. The van der Waals surface area contributed by atoms with E-state index in [1.54, 1.807) is 6.07 Å². The van der Waals surface area contributed by atoms with Crippen LogP contribution in [0, 0.1) is 0 Å². The zero-order chi connectivity index (χ0) is 20.9. The summed E-state index contributed by atoms with van der Waals surface area (Å²) in [5, 5.41) is 15.8. The van der Waals surface area contributed by atoms with Crippen molar-refractivity contribution in [2.45, 2.75) is 19.9 Å². The van der Waals surface area contributed by atoms with Gasteiger partial charge < -0.3 is 20.2 Å². The summed E-state index contributed by atoms with van der Waals surface area (Å²) in [6.45, 7) is 7.34. The molecule has 0 saturated carbocycles. The number of aryl methyl sites for hydroxylation is 1. The van der Waals surface area contributed by atoms with Crippen LogP contribution in [0.15, 0.2) is 60.7 Å². The van der Waals surface area contributed by atoms with Crippen LogP contribution in [0.1, 0.15) is 18.1 Å². The van der Waals surface area contributed by atoms with Crippen molar-refractivity contribution in [1.82, 2.24) is 0 Å². The first kappa shape index (κ1) is 20.4. The van der Waals surface area contributed by atoms with Crippen molar-refractivity contribution in [3.63, 3.8) is 0 Å². The minimum Gasteiger partial charge on any atom is -0.507 e. The SMILES string of the molecule is CCc1ccccc1NC(=O)C[NH+]1CC[NH+](Cc2c(O)ccc3ccccc23)CC1. The number of hydrogen-bond donors (Lipinski definition) is 4. The van der Waals surface area contributed by atoms with Crippen molar-refractivity contribution in [3.8, 4) is 5.75 Å². The minimum absolute atomic E-state index is 0.0843. The van der Waals surface area contributed by atoms with E-state index in [-0.39, 0.29) is 5.91 Å². The fraction of sp³-hybridized carbons (Fsp3) is 0.320. The highest BCUT2D eigenvalue weighted by atomic mass is 16.3. The first-order valence-electron chi connectivity index (χ1n) is 10.9. The van der Waals surface area contributed by atoms with Crippen LogP contribution < -0.4 is 15.1 Å². The molecule has 5 heteroatoms. The number of anilines is 1. The summed E-state index contributed by atoms with van der Waals surface area (Å²) in [7, 11) is 0. The van der Waals surface area contributed by atoms with Gasteiger partial charge in [0.25, 0.3) is 5.91 Å². The molecule has 3 aromatic carbocycles. The second kappa shape index (κ2) is 9.28. The van der Waals surface area contributed by atoms with Gasteiger partial charge in [0, 0.05) is 5.69 Å². The monoisotopic (exact) mass is 405 g/mol. The highest BCUT2D eigenvalue weighted by Crippen LogP contribution is 2.26. The molecule has 156 valence electrons. The molecule has 0 bridgehead atoms. The first-order valence-corrected chi connectivity index (χ1v) is 10.9. The van der Waals surface area contributed by atoms with Gasteiger partial charge >= 0.3 is 0 Å². The summed E-state index contributed by atoms with van der Waals surface area (Å²) in [6.07, 6.45) is 0.909. The molecule has 0 aliphatic carbocycles. The molecule has 0 radical (unpaired) electrons. The van der Waals surface area contributed by atoms with E-state index in [1.165, 1.54) is 15.4 Å². The summed E-state index contributed by atoms with van der Waals surface area (Å²) in [5.41, 5.74) is 3.13. The number of quaternary nitrogens is 2. The maximum atomic E-state index is 12.5. The Morgan fingerprint density at radius 1 is 0.933 bits per heavy atom. The van der Waals surface area contributed by atoms with Crippen molar-refractivity contribution < 1.29 is 19.7 Å². The number of phenols is 1. The molecule has 3 aromatic rings. The van der Waals surface area contributed by atoms with Gasteiger partial charge in [0.15, 0.2) is 6.54 Å². The zero-order valence-corrected chi connectivity index (χ0v) is 17.6. The van der Waals surface area contributed by atoms with Crippen molar-refractivity contribution in [1.29, 1.82) is 0 Å². The number of piperazine rings is 1. The summed E-state index contributed by atoms with van der Waals surface area (Å²) < 4.78 is 0. The number of carbonyl (C=O) groups excluding carboxylic acids is 1. The van der Waals surface area contributed by atoms with Gasteiger partial charge in [-0.3, -0.25) is 4.79 Å². The lowest BCUT2D eigenvalue weighted by Gasteiger charge is -2.29. The van der Waals surface area contributed by atoms with E-state index in [0.717, 1.165) is 61.2 Å². The number of phenolic OH excluding ortho intramolecular Hbond substituents is 1. The van der Waals surface area contributed by atoms with E-state index in [0.29, 0.717) is 12.3 Å². The summed E-state index contributed by atoms with van der Waals surface area (Å²) >= 11 is 0. The second-order valence-electron chi connectivity index (χ2n) is 8.20. The van der Waals surface area contributed by atoms with Gasteiger partial charge in [-0.2, -0.15) is 0 Å². The third-order valence-electron chi connectivity index (χ3n) is 6.19.